The summed E-state index contributed by atoms with van der Waals surface area (Å²) < 4.78 is 10.6. The number of nitrogens with zero attached hydrogens (tertiary/aromatic N) is 1. The summed E-state index contributed by atoms with van der Waals surface area (Å²) in [7, 11) is 3.08. The minimum Gasteiger partial charge on any atom is -0.493 e. The van der Waals surface area contributed by atoms with Gasteiger partial charge in [0.15, 0.2) is 11.5 Å². The van der Waals surface area contributed by atoms with Crippen LogP contribution in [-0.2, 0) is 26.3 Å². The third kappa shape index (κ3) is 3.33. The highest BCUT2D eigenvalue weighted by atomic mass is 35.5. The van der Waals surface area contributed by atoms with Crippen LogP contribution in [0.2, 0.25) is 5.02 Å². The van der Waals surface area contributed by atoms with E-state index in [0.717, 1.165) is 5.56 Å². The van der Waals surface area contributed by atoms with Crippen LogP contribution in [0.3, 0.4) is 0 Å². The molecule has 3 amide bonds. The molecule has 2 aromatic carbocycles. The fourth-order valence-corrected chi connectivity index (χ4v) is 5.92. The Morgan fingerprint density at radius 3 is 2.54 bits per heavy atom. The standard InChI is InChI=1S/C25H26ClN3O6/c1-12(30)20-18-19(25(28-20)14-5-4-6-15(26)21(14)27-24(25)33)23(32)29(22(18)31)10-9-13-7-8-16(34-2)17(11-13)35-3/h4-8,11-12,18-20,28,30H,9-10H2,1-3H3,(H,27,33)/t12-,18-,19-,20-,25+/m0/s1. The quantitative estimate of drug-likeness (QED) is 0.518. The van der Waals surface area contributed by atoms with Crippen molar-refractivity contribution < 1.29 is 29.0 Å². The van der Waals surface area contributed by atoms with E-state index >= 15 is 0 Å². The van der Waals surface area contributed by atoms with Gasteiger partial charge in [-0.05, 0) is 37.1 Å². The first-order valence-electron chi connectivity index (χ1n) is 11.4. The molecule has 2 aromatic rings. The summed E-state index contributed by atoms with van der Waals surface area (Å²) in [4.78, 5) is 41.8. The molecule has 184 valence electrons. The second-order valence-corrected chi connectivity index (χ2v) is 9.51. The van der Waals surface area contributed by atoms with Crippen LogP contribution in [0, 0.1) is 11.8 Å². The molecule has 0 radical (unpaired) electrons. The van der Waals surface area contributed by atoms with Gasteiger partial charge in [-0.15, -0.1) is 0 Å². The molecule has 3 heterocycles. The van der Waals surface area contributed by atoms with Crippen LogP contribution in [0.25, 0.3) is 0 Å². The van der Waals surface area contributed by atoms with Crippen molar-refractivity contribution in [3.8, 4) is 11.5 Å². The lowest BCUT2D eigenvalue weighted by Gasteiger charge is -2.30. The van der Waals surface area contributed by atoms with E-state index < -0.39 is 47.2 Å². The van der Waals surface area contributed by atoms with Gasteiger partial charge in [0.25, 0.3) is 0 Å². The molecule has 0 aliphatic carbocycles. The van der Waals surface area contributed by atoms with Crippen molar-refractivity contribution in [1.82, 2.24) is 10.2 Å². The van der Waals surface area contributed by atoms with Gasteiger partial charge in [0, 0.05) is 18.2 Å². The molecule has 9 nitrogen and oxygen atoms in total. The molecule has 3 aliphatic rings. The fourth-order valence-electron chi connectivity index (χ4n) is 5.69. The molecule has 35 heavy (non-hydrogen) atoms. The van der Waals surface area contributed by atoms with Gasteiger partial charge in [0.2, 0.25) is 17.7 Å². The summed E-state index contributed by atoms with van der Waals surface area (Å²) >= 11 is 6.32. The van der Waals surface area contributed by atoms with Gasteiger partial charge in [0.1, 0.15) is 5.54 Å². The van der Waals surface area contributed by atoms with Crippen molar-refractivity contribution in [3.63, 3.8) is 0 Å². The number of imide groups is 1. The summed E-state index contributed by atoms with van der Waals surface area (Å²) in [6, 6.07) is 9.70. The summed E-state index contributed by atoms with van der Waals surface area (Å²) in [6.07, 6.45) is -0.577. The van der Waals surface area contributed by atoms with Crippen LogP contribution >= 0.6 is 11.6 Å². The van der Waals surface area contributed by atoms with Gasteiger partial charge < -0.3 is 19.9 Å². The number of para-hydroxylation sites is 1. The number of benzene rings is 2. The first-order valence-corrected chi connectivity index (χ1v) is 11.7. The molecular formula is C25H26ClN3O6. The van der Waals surface area contributed by atoms with Gasteiger partial charge in [-0.1, -0.05) is 29.8 Å². The molecule has 0 unspecified atom stereocenters. The molecular weight excluding hydrogens is 474 g/mol. The summed E-state index contributed by atoms with van der Waals surface area (Å²) in [6.45, 7) is 1.68. The number of rotatable bonds is 6. The molecule has 0 aromatic heterocycles. The highest BCUT2D eigenvalue weighted by Gasteiger charge is 2.71. The van der Waals surface area contributed by atoms with E-state index in [0.29, 0.717) is 34.2 Å². The van der Waals surface area contributed by atoms with Gasteiger partial charge in [-0.25, -0.2) is 0 Å². The maximum atomic E-state index is 13.7. The lowest BCUT2D eigenvalue weighted by Crippen LogP contribution is -2.54. The highest BCUT2D eigenvalue weighted by Crippen LogP contribution is 2.54. The van der Waals surface area contributed by atoms with Crippen LogP contribution in [0.1, 0.15) is 18.1 Å². The lowest BCUT2D eigenvalue weighted by molar-refractivity contribution is -0.143. The lowest BCUT2D eigenvalue weighted by atomic mass is 9.76. The normalized spacial score (nSPS) is 27.7. The maximum Gasteiger partial charge on any atom is 0.250 e. The molecule has 0 saturated carbocycles. The van der Waals surface area contributed by atoms with Gasteiger partial charge >= 0.3 is 0 Å². The zero-order valence-corrected chi connectivity index (χ0v) is 20.3. The summed E-state index contributed by atoms with van der Waals surface area (Å²) in [5.41, 5.74) is 0.296. The van der Waals surface area contributed by atoms with Crippen LogP contribution in [0.15, 0.2) is 36.4 Å². The average molecular weight is 500 g/mol. The third-order valence-electron chi connectivity index (χ3n) is 7.32. The minimum atomic E-state index is -1.49. The van der Waals surface area contributed by atoms with Crippen LogP contribution in [-0.4, -0.2) is 60.6 Å². The van der Waals surface area contributed by atoms with Crippen molar-refractivity contribution in [1.29, 1.82) is 0 Å². The van der Waals surface area contributed by atoms with E-state index in [-0.39, 0.29) is 6.54 Å². The number of ether oxygens (including phenoxy) is 2. The Kier molecular flexibility index (Phi) is 5.74. The molecule has 10 heteroatoms. The third-order valence-corrected chi connectivity index (χ3v) is 7.63. The molecule has 2 fully saturated rings. The Balaban J connectivity index is 1.49. The van der Waals surface area contributed by atoms with E-state index in [9.17, 15) is 19.5 Å². The number of hydrogen-bond donors (Lipinski definition) is 3. The molecule has 1 spiro atoms. The Morgan fingerprint density at radius 1 is 1.11 bits per heavy atom. The van der Waals surface area contributed by atoms with E-state index in [1.54, 1.807) is 44.4 Å². The van der Waals surface area contributed by atoms with Crippen LogP contribution < -0.4 is 20.1 Å². The number of fused-ring (bicyclic) bond motifs is 4. The molecule has 3 N–H and O–H groups in total. The fraction of sp³-hybridized carbons (Fsp3) is 0.400. The number of carbonyl (C=O) groups is 3. The first kappa shape index (κ1) is 23.6. The second kappa shape index (κ2) is 8.51. The smallest absolute Gasteiger partial charge is 0.250 e. The zero-order chi connectivity index (χ0) is 25.1. The molecule has 0 bridgehead atoms. The number of aliphatic hydroxyl groups excluding tert-OH is 1. The Bertz CT molecular complexity index is 1230. The minimum absolute atomic E-state index is 0.132. The maximum absolute atomic E-state index is 13.7. The highest BCUT2D eigenvalue weighted by molar-refractivity contribution is 6.35. The van der Waals surface area contributed by atoms with Crippen molar-refractivity contribution in [3.05, 3.63) is 52.5 Å². The molecule has 3 aliphatic heterocycles. The van der Waals surface area contributed by atoms with Gasteiger partial charge in [-0.3, -0.25) is 24.6 Å². The number of nitrogens with one attached hydrogen (secondary N) is 2. The van der Waals surface area contributed by atoms with Crippen LogP contribution in [0.4, 0.5) is 5.69 Å². The Hall–Kier alpha value is -3.14. The van der Waals surface area contributed by atoms with Crippen LogP contribution in [0.5, 0.6) is 11.5 Å². The second-order valence-electron chi connectivity index (χ2n) is 9.11. The van der Waals surface area contributed by atoms with Gasteiger partial charge in [-0.2, -0.15) is 0 Å². The predicted octanol–water partition coefficient (Wildman–Crippen LogP) is 1.70. The monoisotopic (exact) mass is 499 g/mol. The van der Waals surface area contributed by atoms with Crippen molar-refractivity contribution in [2.24, 2.45) is 11.8 Å². The molecule has 2 saturated heterocycles. The summed E-state index contributed by atoms with van der Waals surface area (Å²) in [5.74, 6) is -2.06. The molecule has 5 rings (SSSR count). The first-order chi connectivity index (χ1) is 16.7. The molecule has 5 atom stereocenters. The Morgan fingerprint density at radius 2 is 1.86 bits per heavy atom. The number of amides is 3. The number of anilines is 1. The van der Waals surface area contributed by atoms with E-state index in [1.807, 2.05) is 6.07 Å². The largest absolute Gasteiger partial charge is 0.493 e. The van der Waals surface area contributed by atoms with Crippen molar-refractivity contribution in [2.45, 2.75) is 31.0 Å². The van der Waals surface area contributed by atoms with Crippen molar-refractivity contribution in [2.75, 3.05) is 26.1 Å². The van der Waals surface area contributed by atoms with E-state index in [1.165, 1.54) is 12.0 Å². The summed E-state index contributed by atoms with van der Waals surface area (Å²) in [5, 5.41) is 16.8. The van der Waals surface area contributed by atoms with E-state index in [2.05, 4.69) is 10.6 Å². The SMILES string of the molecule is COc1ccc(CCN2C(=O)[C@@H]3[C@H]([C@H](C)O)N[C@@]4(C(=O)Nc5c(Cl)cccc54)[C@@H]3C2=O)cc1OC. The number of halogens is 1. The zero-order valence-electron chi connectivity index (χ0n) is 19.5. The predicted molar refractivity (Wildman–Crippen MR) is 127 cm³/mol. The van der Waals surface area contributed by atoms with Crippen molar-refractivity contribution >= 4 is 35.0 Å². The number of methoxy groups -OCH3 is 2. The van der Waals surface area contributed by atoms with E-state index in [4.69, 9.17) is 21.1 Å². The number of likely N-dealkylation sites (tertiary alicyclic amines) is 1. The number of hydrogen-bond acceptors (Lipinski definition) is 7. The average Bonchev–Trinajstić information content (AvgIpc) is 3.43. The topological polar surface area (TPSA) is 117 Å². The number of aliphatic hydroxyl groups is 1. The Labute approximate surface area is 207 Å². The number of carbonyl (C=O) groups excluding carboxylic acids is 3. The van der Waals surface area contributed by atoms with Gasteiger partial charge in [0.05, 0.1) is 42.9 Å².